The number of rotatable bonds is 3. The first kappa shape index (κ1) is 36.7. The van der Waals surface area contributed by atoms with Crippen molar-refractivity contribution in [1.82, 2.24) is 0 Å². The van der Waals surface area contributed by atoms with Gasteiger partial charge in [-0.05, 0) is 161 Å². The van der Waals surface area contributed by atoms with Crippen LogP contribution >= 0.6 is 0 Å². The highest BCUT2D eigenvalue weighted by molar-refractivity contribution is 6.24. The summed E-state index contributed by atoms with van der Waals surface area (Å²) in [5, 5.41) is 15.3. The molecule has 2 aliphatic carbocycles. The smallest absolute Gasteiger partial charge is 0.0619 e. The minimum Gasteiger partial charge on any atom is -0.0619 e. The van der Waals surface area contributed by atoms with Crippen molar-refractivity contribution in [3.63, 3.8) is 0 Å². The molecule has 308 valence electrons. The zero-order valence-electron chi connectivity index (χ0n) is 36.6. The lowest BCUT2D eigenvalue weighted by molar-refractivity contribution is 0.809. The van der Waals surface area contributed by atoms with Gasteiger partial charge in [-0.3, -0.25) is 0 Å². The van der Waals surface area contributed by atoms with Gasteiger partial charge in [0.2, 0.25) is 0 Å². The predicted molar refractivity (Wildman–Crippen MR) is 284 cm³/mol. The number of hydrogen-bond acceptors (Lipinski definition) is 0. The maximum Gasteiger partial charge on any atom is 0.0737 e. The first-order valence-electron chi connectivity index (χ1n) is 23.5. The Hall–Kier alpha value is -8.58. The molecule has 0 heteroatoms. The van der Waals surface area contributed by atoms with Gasteiger partial charge in [-0.1, -0.05) is 224 Å². The van der Waals surface area contributed by atoms with E-state index in [9.17, 15) is 0 Å². The molecule has 15 rings (SSSR count). The topological polar surface area (TPSA) is 0 Å². The van der Waals surface area contributed by atoms with Crippen LogP contribution in [0.3, 0.4) is 0 Å². The molecule has 0 atom stereocenters. The summed E-state index contributed by atoms with van der Waals surface area (Å²) in [6.07, 6.45) is 0. The van der Waals surface area contributed by atoms with E-state index >= 15 is 0 Å². The van der Waals surface area contributed by atoms with Crippen molar-refractivity contribution in [2.45, 2.75) is 5.41 Å². The van der Waals surface area contributed by atoms with Crippen LogP contribution in [0.4, 0.5) is 0 Å². The van der Waals surface area contributed by atoms with Crippen LogP contribution in [0, 0.1) is 0 Å². The molecular weight excluding hydrogens is 805 g/mol. The van der Waals surface area contributed by atoms with Crippen molar-refractivity contribution in [2.24, 2.45) is 0 Å². The van der Waals surface area contributed by atoms with Gasteiger partial charge in [0.05, 0.1) is 5.41 Å². The van der Waals surface area contributed by atoms with Gasteiger partial charge in [0.15, 0.2) is 0 Å². The average Bonchev–Trinajstić information content (AvgIpc) is 3.88. The first-order chi connectivity index (χ1) is 33.3. The van der Waals surface area contributed by atoms with Gasteiger partial charge in [-0.2, -0.15) is 0 Å². The van der Waals surface area contributed by atoms with Gasteiger partial charge in [-0.15, -0.1) is 0 Å². The van der Waals surface area contributed by atoms with Crippen molar-refractivity contribution in [2.75, 3.05) is 0 Å². The van der Waals surface area contributed by atoms with Gasteiger partial charge in [-0.25, -0.2) is 0 Å². The van der Waals surface area contributed by atoms with Crippen LogP contribution in [-0.4, -0.2) is 0 Å². The van der Waals surface area contributed by atoms with Crippen molar-refractivity contribution in [3.05, 3.63) is 265 Å². The highest BCUT2D eigenvalue weighted by Gasteiger charge is 2.54. The molecule has 0 N–H and O–H groups in total. The molecule has 0 aromatic heterocycles. The Morgan fingerprint density at radius 1 is 0.209 bits per heavy atom. The summed E-state index contributed by atoms with van der Waals surface area (Å²) in [6, 6.07) is 91.5. The van der Waals surface area contributed by atoms with E-state index in [0.29, 0.717) is 0 Å². The van der Waals surface area contributed by atoms with Crippen LogP contribution in [0.15, 0.2) is 243 Å². The van der Waals surface area contributed by atoms with E-state index in [2.05, 4.69) is 243 Å². The fraction of sp³-hybridized carbons (Fsp3) is 0.0149. The second-order valence-electron chi connectivity index (χ2n) is 18.6. The highest BCUT2D eigenvalue weighted by Crippen LogP contribution is 2.67. The summed E-state index contributed by atoms with van der Waals surface area (Å²) in [7, 11) is 0. The van der Waals surface area contributed by atoms with Crippen LogP contribution in [0.5, 0.6) is 0 Å². The SMILES string of the molecule is c1cc(-c2cc3c(c4ccccc24)C2(c4ccccc4-c4ccccc42)c2c-3c3ccccc3c3ccccc23)cc(-c2c3ccccc3c(-c3ccc4ccccc4c3)c3ccccc23)c1. The monoisotopic (exact) mass is 844 g/mol. The number of hydrogen-bond donors (Lipinski definition) is 0. The Bertz CT molecular complexity index is 4180. The third-order valence-corrected chi connectivity index (χ3v) is 15.4. The summed E-state index contributed by atoms with van der Waals surface area (Å²) < 4.78 is 0. The standard InChI is InChI=1S/C67H40/c1-2-19-42-38-45(37-36-41(42)18-1)63-54-30-9-7-28-52(54)62(53-29-8-10-31-55(53)63)44-21-17-20-43(39-44)58-40-59-64-51-27-6-3-22-46(51)47-23-4-12-33-57(47)66(64)67(65(59)56-32-11-5-24-48(56)58)60-34-15-13-25-49(60)50-26-14-16-35-61(50)67/h1-40H. The Morgan fingerprint density at radius 2 is 0.642 bits per heavy atom. The van der Waals surface area contributed by atoms with Crippen molar-refractivity contribution in [1.29, 1.82) is 0 Å². The molecule has 0 nitrogen and oxygen atoms in total. The largest absolute Gasteiger partial charge is 0.0737 e. The van der Waals surface area contributed by atoms with E-state index in [-0.39, 0.29) is 0 Å². The Balaban J connectivity index is 1.04. The molecule has 1 spiro atoms. The van der Waals surface area contributed by atoms with Crippen LogP contribution < -0.4 is 0 Å². The minimum atomic E-state index is -0.522. The third-order valence-electron chi connectivity index (χ3n) is 15.4. The van der Waals surface area contributed by atoms with Crippen LogP contribution in [0.1, 0.15) is 22.3 Å². The fourth-order valence-corrected chi connectivity index (χ4v) is 12.9. The predicted octanol–water partition coefficient (Wildman–Crippen LogP) is 18.0. The number of fused-ring (bicyclic) bond motifs is 20. The molecule has 67 heavy (non-hydrogen) atoms. The van der Waals surface area contributed by atoms with Crippen molar-refractivity contribution >= 4 is 64.6 Å². The lowest BCUT2D eigenvalue weighted by atomic mass is 9.68. The molecule has 0 fully saturated rings. The van der Waals surface area contributed by atoms with Gasteiger partial charge in [0.1, 0.15) is 0 Å². The molecule has 0 amide bonds. The van der Waals surface area contributed by atoms with Crippen molar-refractivity contribution in [3.8, 4) is 55.6 Å². The average molecular weight is 845 g/mol. The second kappa shape index (κ2) is 13.7. The molecule has 2 aliphatic rings. The summed E-state index contributed by atoms with van der Waals surface area (Å²) in [5.74, 6) is 0. The quantitative estimate of drug-likeness (QED) is 0.123. The molecular formula is C67H40. The van der Waals surface area contributed by atoms with Gasteiger partial charge >= 0.3 is 0 Å². The molecule has 0 radical (unpaired) electrons. The van der Waals surface area contributed by atoms with Crippen LogP contribution in [0.2, 0.25) is 0 Å². The fourth-order valence-electron chi connectivity index (χ4n) is 12.9. The van der Waals surface area contributed by atoms with Gasteiger partial charge in [0, 0.05) is 0 Å². The van der Waals surface area contributed by atoms with Crippen molar-refractivity contribution < 1.29 is 0 Å². The molecule has 0 saturated heterocycles. The van der Waals surface area contributed by atoms with E-state index in [4.69, 9.17) is 0 Å². The minimum absolute atomic E-state index is 0.522. The van der Waals surface area contributed by atoms with Crippen LogP contribution in [-0.2, 0) is 5.41 Å². The van der Waals surface area contributed by atoms with E-state index in [1.54, 1.807) is 0 Å². The Kier molecular flexibility index (Phi) is 7.52. The van der Waals surface area contributed by atoms with E-state index in [0.717, 1.165) is 0 Å². The van der Waals surface area contributed by atoms with E-state index in [1.807, 2.05) is 0 Å². The third kappa shape index (κ3) is 4.86. The molecule has 13 aromatic rings. The summed E-state index contributed by atoms with van der Waals surface area (Å²) in [6.45, 7) is 0. The zero-order valence-corrected chi connectivity index (χ0v) is 36.6. The first-order valence-corrected chi connectivity index (χ1v) is 23.5. The van der Waals surface area contributed by atoms with Gasteiger partial charge < -0.3 is 0 Å². The summed E-state index contributed by atoms with van der Waals surface area (Å²) in [5.41, 5.74) is 17.8. The van der Waals surface area contributed by atoms with E-state index in [1.165, 1.54) is 143 Å². The van der Waals surface area contributed by atoms with Crippen LogP contribution in [0.25, 0.3) is 120 Å². The zero-order chi connectivity index (χ0) is 43.8. The maximum atomic E-state index is 2.56. The molecule has 0 saturated carbocycles. The summed E-state index contributed by atoms with van der Waals surface area (Å²) in [4.78, 5) is 0. The molecule has 13 aromatic carbocycles. The molecule has 0 bridgehead atoms. The maximum absolute atomic E-state index is 2.56. The highest BCUT2D eigenvalue weighted by atomic mass is 14.5. The molecule has 0 aliphatic heterocycles. The van der Waals surface area contributed by atoms with Gasteiger partial charge in [0.25, 0.3) is 0 Å². The lowest BCUT2D eigenvalue weighted by Crippen LogP contribution is -2.26. The Morgan fingerprint density at radius 3 is 1.25 bits per heavy atom. The lowest BCUT2D eigenvalue weighted by Gasteiger charge is -2.33. The molecule has 0 unspecified atom stereocenters. The summed E-state index contributed by atoms with van der Waals surface area (Å²) >= 11 is 0. The normalized spacial score (nSPS) is 13.2. The van der Waals surface area contributed by atoms with E-state index < -0.39 is 5.41 Å². The molecule has 0 heterocycles. The second-order valence-corrected chi connectivity index (χ2v) is 18.6. The number of benzene rings is 13. The Labute approximate surface area is 388 Å².